The van der Waals surface area contributed by atoms with Crippen LogP contribution in [0.15, 0.2) is 21.7 Å². The number of rotatable bonds is 4. The van der Waals surface area contributed by atoms with Gasteiger partial charge in [0.2, 0.25) is 0 Å². The van der Waals surface area contributed by atoms with Crippen LogP contribution in [0.2, 0.25) is 0 Å². The van der Waals surface area contributed by atoms with Crippen molar-refractivity contribution < 1.29 is 14.8 Å². The summed E-state index contributed by atoms with van der Waals surface area (Å²) in [6, 6.07) is 1.89. The molecule has 1 aliphatic rings. The Morgan fingerprint density at radius 1 is 1.28 bits per heavy atom. The molecule has 0 saturated carbocycles. The molecule has 134 valence electrons. The van der Waals surface area contributed by atoms with Gasteiger partial charge in [0.15, 0.2) is 0 Å². The number of benzene rings is 1. The highest BCUT2D eigenvalue weighted by molar-refractivity contribution is 8.93. The van der Waals surface area contributed by atoms with Crippen molar-refractivity contribution in [2.24, 2.45) is 0 Å². The van der Waals surface area contributed by atoms with Gasteiger partial charge in [0.05, 0.1) is 16.0 Å². The third kappa shape index (κ3) is 3.61. The first-order chi connectivity index (χ1) is 11.4. The summed E-state index contributed by atoms with van der Waals surface area (Å²) in [5.41, 5.74) is -1.30. The number of aromatic nitrogens is 2. The predicted octanol–water partition coefficient (Wildman–Crippen LogP) is 0.751. The number of halogens is 1. The summed E-state index contributed by atoms with van der Waals surface area (Å²) in [6.07, 6.45) is 1.18. The van der Waals surface area contributed by atoms with E-state index in [9.17, 15) is 29.6 Å². The van der Waals surface area contributed by atoms with Gasteiger partial charge in [-0.2, -0.15) is 0 Å². The van der Waals surface area contributed by atoms with Crippen molar-refractivity contribution in [3.05, 3.63) is 48.5 Å². The zero-order valence-corrected chi connectivity index (χ0v) is 14.6. The van der Waals surface area contributed by atoms with Crippen LogP contribution in [-0.4, -0.2) is 43.5 Å². The number of hydrogen-bond donors (Lipinski definition) is 3. The van der Waals surface area contributed by atoms with Gasteiger partial charge in [-0.25, -0.2) is 0 Å². The highest BCUT2D eigenvalue weighted by atomic mass is 79.9. The second kappa shape index (κ2) is 7.15. The summed E-state index contributed by atoms with van der Waals surface area (Å²) in [4.78, 5) is 51.1. The molecule has 1 aromatic carbocycles. The van der Waals surface area contributed by atoms with Gasteiger partial charge >= 0.3 is 17.1 Å². The average molecular weight is 415 g/mol. The maximum Gasteiger partial charge on any atom is 0.320 e. The predicted molar refractivity (Wildman–Crippen MR) is 93.2 cm³/mol. The van der Waals surface area contributed by atoms with E-state index in [0.717, 1.165) is 0 Å². The van der Waals surface area contributed by atoms with Crippen LogP contribution in [0.3, 0.4) is 0 Å². The Labute approximate surface area is 150 Å². The minimum Gasteiger partial charge on any atom is -0.480 e. The number of nitrogens with zero attached hydrogens (tertiary/aromatic N) is 2. The van der Waals surface area contributed by atoms with Crippen LogP contribution in [-0.2, 0) is 11.3 Å². The van der Waals surface area contributed by atoms with Gasteiger partial charge in [-0.15, -0.1) is 17.0 Å². The fraction of sp³-hybridized carbons (Fsp3) is 0.357. The first-order valence-corrected chi connectivity index (χ1v) is 7.27. The zero-order valence-electron chi connectivity index (χ0n) is 12.9. The second-order valence-corrected chi connectivity index (χ2v) is 5.66. The normalized spacial score (nSPS) is 17.4. The quantitative estimate of drug-likeness (QED) is 0.379. The molecule has 1 aliphatic heterocycles. The Balaban J connectivity index is 0.00000225. The van der Waals surface area contributed by atoms with Gasteiger partial charge in [-0.3, -0.25) is 29.4 Å². The molecule has 0 radical (unpaired) electrons. The molecule has 3 rings (SSSR count). The standard InChI is InChI=1S/C14H14N4O6.BrH/c19-12-13(20)16-9-5-11(18(23)24)7(4-8(9)15-12)6-17-3-1-2-10(17)14(21)22;/h4-5,10H,1-3,6H2,(H,15,19)(H,16,20)(H,21,22);1H/t10-;/m1./s1. The lowest BCUT2D eigenvalue weighted by Crippen LogP contribution is -2.35. The maximum absolute atomic E-state index is 11.4. The molecule has 1 saturated heterocycles. The lowest BCUT2D eigenvalue weighted by atomic mass is 10.1. The van der Waals surface area contributed by atoms with Crippen molar-refractivity contribution in [3.8, 4) is 0 Å². The van der Waals surface area contributed by atoms with Gasteiger partial charge in [0.25, 0.3) is 5.69 Å². The van der Waals surface area contributed by atoms with Gasteiger partial charge in [-0.1, -0.05) is 0 Å². The molecule has 1 fully saturated rings. The zero-order chi connectivity index (χ0) is 17.4. The number of nitro benzene ring substituents is 1. The highest BCUT2D eigenvalue weighted by Gasteiger charge is 2.32. The molecule has 3 N–H and O–H groups in total. The lowest BCUT2D eigenvalue weighted by molar-refractivity contribution is -0.385. The summed E-state index contributed by atoms with van der Waals surface area (Å²) in [5.74, 6) is -0.964. The SMILES string of the molecule is Br.O=C(O)[C@H]1CCCN1Cc1cc2[nH]c(=O)c(=O)[nH]c2cc1[N+](=O)[O-]. The monoisotopic (exact) mass is 414 g/mol. The van der Waals surface area contributed by atoms with Crippen molar-refractivity contribution in [2.75, 3.05) is 6.54 Å². The van der Waals surface area contributed by atoms with E-state index >= 15 is 0 Å². The van der Waals surface area contributed by atoms with Crippen molar-refractivity contribution in [1.82, 2.24) is 14.9 Å². The van der Waals surface area contributed by atoms with E-state index in [2.05, 4.69) is 9.97 Å². The first-order valence-electron chi connectivity index (χ1n) is 7.27. The molecule has 1 atom stereocenters. The number of aromatic amines is 2. The van der Waals surface area contributed by atoms with Crippen molar-refractivity contribution in [2.45, 2.75) is 25.4 Å². The van der Waals surface area contributed by atoms with E-state index in [0.29, 0.717) is 19.4 Å². The lowest BCUT2D eigenvalue weighted by Gasteiger charge is -2.21. The largest absolute Gasteiger partial charge is 0.480 e. The molecule has 0 bridgehead atoms. The van der Waals surface area contributed by atoms with Crippen molar-refractivity contribution in [3.63, 3.8) is 0 Å². The number of H-pyrrole nitrogens is 2. The summed E-state index contributed by atoms with van der Waals surface area (Å²) in [6.45, 7) is 0.596. The molecule has 0 aliphatic carbocycles. The van der Waals surface area contributed by atoms with Gasteiger partial charge in [0, 0.05) is 18.2 Å². The summed E-state index contributed by atoms with van der Waals surface area (Å²) >= 11 is 0. The van der Waals surface area contributed by atoms with Crippen LogP contribution < -0.4 is 11.1 Å². The minimum atomic E-state index is -0.964. The summed E-state index contributed by atoms with van der Waals surface area (Å²) in [7, 11) is 0. The Morgan fingerprint density at radius 3 is 2.44 bits per heavy atom. The van der Waals surface area contributed by atoms with Gasteiger partial charge in [-0.05, 0) is 25.5 Å². The number of carboxylic acid groups (broad SMARTS) is 1. The number of hydrogen-bond acceptors (Lipinski definition) is 6. The molecule has 0 amide bonds. The Morgan fingerprint density at radius 2 is 1.88 bits per heavy atom. The highest BCUT2D eigenvalue weighted by Crippen LogP contribution is 2.27. The maximum atomic E-state index is 11.4. The van der Waals surface area contributed by atoms with E-state index in [1.54, 1.807) is 4.90 Å². The molecule has 0 spiro atoms. The van der Waals surface area contributed by atoms with Crippen LogP contribution in [0, 0.1) is 10.1 Å². The second-order valence-electron chi connectivity index (χ2n) is 5.66. The molecule has 25 heavy (non-hydrogen) atoms. The number of aliphatic carboxylic acids is 1. The third-order valence-corrected chi connectivity index (χ3v) is 4.14. The number of nitro groups is 1. The fourth-order valence-corrected chi connectivity index (χ4v) is 3.01. The summed E-state index contributed by atoms with van der Waals surface area (Å²) in [5, 5.41) is 20.5. The Kier molecular flexibility index (Phi) is 5.38. The van der Waals surface area contributed by atoms with Crippen LogP contribution in [0.5, 0.6) is 0 Å². The van der Waals surface area contributed by atoms with Crippen molar-refractivity contribution in [1.29, 1.82) is 0 Å². The molecule has 10 nitrogen and oxygen atoms in total. The van der Waals surface area contributed by atoms with E-state index in [1.807, 2.05) is 0 Å². The van der Waals surface area contributed by atoms with E-state index in [4.69, 9.17) is 0 Å². The molecular formula is C14H15BrN4O6. The number of likely N-dealkylation sites (tertiary alicyclic amines) is 1. The minimum absolute atomic E-state index is 0. The number of fused-ring (bicyclic) bond motifs is 1. The molecule has 11 heteroatoms. The number of carbonyl (C=O) groups is 1. The molecule has 2 aromatic rings. The first kappa shape index (κ1) is 18.8. The number of nitrogens with one attached hydrogen (secondary N) is 2. The number of carboxylic acids is 1. The van der Waals surface area contributed by atoms with E-state index in [1.165, 1.54) is 12.1 Å². The molecule has 0 unspecified atom stereocenters. The van der Waals surface area contributed by atoms with Crippen LogP contribution >= 0.6 is 17.0 Å². The van der Waals surface area contributed by atoms with Gasteiger partial charge in [0.1, 0.15) is 6.04 Å². The van der Waals surface area contributed by atoms with Crippen LogP contribution in [0.25, 0.3) is 11.0 Å². The van der Waals surface area contributed by atoms with Crippen LogP contribution in [0.1, 0.15) is 18.4 Å². The van der Waals surface area contributed by atoms with Crippen molar-refractivity contribution >= 4 is 39.7 Å². The molecule has 2 heterocycles. The van der Waals surface area contributed by atoms with Gasteiger partial charge < -0.3 is 15.1 Å². The van der Waals surface area contributed by atoms with E-state index < -0.39 is 28.1 Å². The molecular weight excluding hydrogens is 400 g/mol. The smallest absolute Gasteiger partial charge is 0.320 e. The molecule has 1 aromatic heterocycles. The fourth-order valence-electron chi connectivity index (χ4n) is 3.01. The topological polar surface area (TPSA) is 149 Å². The summed E-state index contributed by atoms with van der Waals surface area (Å²) < 4.78 is 0. The Bertz CT molecular complexity index is 952. The Hall–Kier alpha value is -2.53. The van der Waals surface area contributed by atoms with Crippen LogP contribution in [0.4, 0.5) is 5.69 Å². The van der Waals surface area contributed by atoms with E-state index in [-0.39, 0.29) is 45.8 Å². The average Bonchev–Trinajstić information content (AvgIpc) is 2.96. The third-order valence-electron chi connectivity index (χ3n) is 4.14.